The molecule has 14 nitrogen and oxygen atoms in total. The third kappa shape index (κ3) is 20.7. The van der Waals surface area contributed by atoms with Crippen molar-refractivity contribution in [2.75, 3.05) is 39.3 Å². The van der Waals surface area contributed by atoms with Crippen molar-refractivity contribution in [3.63, 3.8) is 0 Å². The smallest absolute Gasteiger partial charge is 0.131 e. The summed E-state index contributed by atoms with van der Waals surface area (Å²) in [6, 6.07) is 59.0. The highest BCUT2D eigenvalue weighted by molar-refractivity contribution is 6.33. The maximum atomic E-state index is 13.9. The maximum Gasteiger partial charge on any atom is 0.131 e. The van der Waals surface area contributed by atoms with Gasteiger partial charge in [0, 0.05) is 119 Å². The van der Waals surface area contributed by atoms with Crippen LogP contribution in [0.5, 0.6) is 34.5 Å². The van der Waals surface area contributed by atoms with E-state index in [0.29, 0.717) is 55.6 Å². The van der Waals surface area contributed by atoms with Gasteiger partial charge in [-0.25, -0.2) is 26.3 Å². The Morgan fingerprint density at radius 1 is 0.282 bits per heavy atom. The molecular weight excluding hydrogens is 1510 g/mol. The predicted octanol–water partition coefficient (Wildman–Crippen LogP) is 18.9. The topological polar surface area (TPSA) is 237 Å². The van der Waals surface area contributed by atoms with Crippen LogP contribution >= 0.6 is 11.6 Å². The first-order valence-electron chi connectivity index (χ1n) is 39.8. The van der Waals surface area contributed by atoms with Crippen LogP contribution in [0.3, 0.4) is 0 Å². The van der Waals surface area contributed by atoms with Gasteiger partial charge in [0.2, 0.25) is 0 Å². The molecule has 12 aromatic rings. The number of benzene rings is 10. The van der Waals surface area contributed by atoms with Crippen LogP contribution in [-0.2, 0) is 38.5 Å². The molecule has 2 aromatic heterocycles. The summed E-state index contributed by atoms with van der Waals surface area (Å²) in [5.41, 5.74) is 52.0. The molecule has 10 aromatic carbocycles. The molecule has 18 rings (SSSR count). The molecule has 6 atom stereocenters. The Labute approximate surface area is 684 Å². The molecule has 0 saturated heterocycles. The number of pyridine rings is 2. The summed E-state index contributed by atoms with van der Waals surface area (Å²) >= 11 is 6.22. The Bertz CT molecular complexity index is 4860. The lowest BCUT2D eigenvalue weighted by Crippen LogP contribution is -2.30. The molecule has 0 saturated carbocycles. The van der Waals surface area contributed by atoms with Crippen LogP contribution in [0.25, 0.3) is 66.8 Å². The van der Waals surface area contributed by atoms with Gasteiger partial charge in [-0.3, -0.25) is 9.97 Å². The lowest BCUT2D eigenvalue weighted by Gasteiger charge is -2.27. The zero-order chi connectivity index (χ0) is 82.1. The van der Waals surface area contributed by atoms with Crippen molar-refractivity contribution in [1.29, 1.82) is 0 Å². The minimum Gasteiger partial charge on any atom is -0.488 e. The van der Waals surface area contributed by atoms with E-state index >= 15 is 0 Å². The normalized spacial score (nSPS) is 17.6. The summed E-state index contributed by atoms with van der Waals surface area (Å²) < 4.78 is 118. The number of halogens is 7. The van der Waals surface area contributed by atoms with Crippen LogP contribution in [0.1, 0.15) is 83.0 Å². The van der Waals surface area contributed by atoms with Crippen molar-refractivity contribution in [3.05, 3.63) is 309 Å². The molecule has 12 N–H and O–H groups in total. The van der Waals surface area contributed by atoms with Gasteiger partial charge in [0.15, 0.2) is 0 Å². The fourth-order valence-corrected chi connectivity index (χ4v) is 15.7. The van der Waals surface area contributed by atoms with Crippen molar-refractivity contribution < 1.29 is 54.8 Å². The lowest BCUT2D eigenvalue weighted by atomic mass is 9.93. The third-order valence-corrected chi connectivity index (χ3v) is 21.9. The molecule has 0 spiro atoms. The molecule has 0 aliphatic carbocycles. The number of hydrogen-bond acceptors (Lipinski definition) is 14. The maximum absolute atomic E-state index is 13.9. The van der Waals surface area contributed by atoms with Gasteiger partial charge in [-0.2, -0.15) is 0 Å². The number of aryl methyl sites for hydroxylation is 8. The van der Waals surface area contributed by atoms with Gasteiger partial charge in [-0.05, 0) is 243 Å². The molecule has 0 radical (unpaired) electrons. The van der Waals surface area contributed by atoms with Crippen molar-refractivity contribution in [1.82, 2.24) is 9.97 Å². The van der Waals surface area contributed by atoms with Gasteiger partial charge in [0.25, 0.3) is 0 Å². The van der Waals surface area contributed by atoms with Gasteiger partial charge in [-0.1, -0.05) is 121 Å². The molecular formula is C96H97ClF6N8O6. The third-order valence-electron chi connectivity index (χ3n) is 21.5. The van der Waals surface area contributed by atoms with E-state index in [9.17, 15) is 26.3 Å². The largest absolute Gasteiger partial charge is 0.488 e. The quantitative estimate of drug-likeness (QED) is 0.0624. The van der Waals surface area contributed by atoms with E-state index in [2.05, 4.69) is 9.97 Å². The summed E-state index contributed by atoms with van der Waals surface area (Å²) in [7, 11) is 0. The monoisotopic (exact) mass is 1610 g/mol. The molecule has 0 amide bonds. The molecule has 8 heterocycles. The van der Waals surface area contributed by atoms with Crippen LogP contribution < -0.4 is 62.8 Å². The van der Waals surface area contributed by atoms with Gasteiger partial charge in [0.1, 0.15) is 106 Å². The molecule has 117 heavy (non-hydrogen) atoms. The molecule has 0 bridgehead atoms. The fraction of sp³-hybridized carbons (Fsp3) is 0.271. The van der Waals surface area contributed by atoms with Crippen molar-refractivity contribution in [2.24, 2.45) is 34.4 Å². The highest BCUT2D eigenvalue weighted by Crippen LogP contribution is 2.46. The van der Waals surface area contributed by atoms with E-state index in [1.807, 2.05) is 135 Å². The molecule has 606 valence electrons. The van der Waals surface area contributed by atoms with E-state index < -0.39 is 0 Å². The van der Waals surface area contributed by atoms with Crippen molar-refractivity contribution in [2.45, 2.75) is 128 Å². The number of nitrogens with two attached hydrogens (primary N) is 6. The first-order valence-corrected chi connectivity index (χ1v) is 40.2. The Balaban J connectivity index is 0.000000122. The van der Waals surface area contributed by atoms with E-state index in [1.165, 1.54) is 30.3 Å². The van der Waals surface area contributed by atoms with Gasteiger partial charge in [0.05, 0.1) is 0 Å². The first kappa shape index (κ1) is 83.9. The summed E-state index contributed by atoms with van der Waals surface area (Å²) in [6.45, 7) is 6.93. The van der Waals surface area contributed by atoms with E-state index in [-0.39, 0.29) is 71.5 Å². The van der Waals surface area contributed by atoms with E-state index in [4.69, 9.17) is 74.4 Å². The zero-order valence-electron chi connectivity index (χ0n) is 65.5. The molecule has 21 heteroatoms. The first-order chi connectivity index (χ1) is 56.9. The Morgan fingerprint density at radius 2 is 0.521 bits per heavy atom. The predicted molar refractivity (Wildman–Crippen MR) is 452 cm³/mol. The molecule has 6 aliphatic rings. The standard InChI is InChI=1S/2C17H18FNO.C16H15ClFNO.C16H16FNO.2C15H15FN2O/c2*1-11-4-2-3-5-15(11)16-9-13(18)8-12-6-7-14(10-19)20-17(12)16;17-15-4-2-1-3-13(15)14-8-11(18)7-10-5-6-12(9-19)20-16(10)14;17-13-8-12-6-7-14(10-18)19-16(12)15(9-13)11-4-2-1-3-5-11;2*16-12-6-10-3-4-13(8-17)19-15(10)14(7-12)11-2-1-5-18-9-11/h2*2-5,8-9,14H,6-7,10,19H2,1H3;1-4,7-8,12H,5-6,9,19H2;1-5,8-9,14H,6-7,10,18H2;2*1-2,5-7,9,13H,3-4,8,17H2/t2*14-;12-;14-;2*13-/m100010/s1. The van der Waals surface area contributed by atoms with E-state index in [0.717, 1.165) is 212 Å². The number of fused-ring (bicyclic) bond motifs is 6. The second kappa shape index (κ2) is 39.7. The number of nitrogens with zero attached hydrogens (tertiary/aromatic N) is 2. The Morgan fingerprint density at radius 3 is 0.795 bits per heavy atom. The van der Waals surface area contributed by atoms with Gasteiger partial charge < -0.3 is 62.8 Å². The van der Waals surface area contributed by atoms with Crippen LogP contribution in [0.2, 0.25) is 5.02 Å². The SMILES string of the molecule is Cc1ccccc1-c1cc(F)cc2c1O[C@@H](CN)CC2.Cc1ccccc1-c1cc(F)cc2c1O[C@H](CN)CC2.NC[C@@H]1CCc2cc(F)cc(-c3ccccc3)c2O1.NC[C@@H]1CCc2cc(F)cc(-c3ccccc3Cl)c2O1.NC[C@@H]1CCc2cc(F)cc(-c3cccnc3)c2O1.NC[C@H]1CCc2cc(F)cc(-c3cccnc3)c2O1. The minimum absolute atomic E-state index is 0.00776. The van der Waals surface area contributed by atoms with Crippen LogP contribution in [0, 0.1) is 48.8 Å². The number of rotatable bonds is 12. The fourth-order valence-electron chi connectivity index (χ4n) is 15.4. The second-order valence-corrected chi connectivity index (χ2v) is 30.1. The number of ether oxygens (including phenoxy) is 6. The molecule has 0 fully saturated rings. The van der Waals surface area contributed by atoms with Crippen LogP contribution in [0.4, 0.5) is 26.3 Å². The Hall–Kier alpha value is -11.1. The van der Waals surface area contributed by atoms with Crippen molar-refractivity contribution >= 4 is 11.6 Å². The average molecular weight is 1610 g/mol. The van der Waals surface area contributed by atoms with Gasteiger partial charge in [-0.15, -0.1) is 0 Å². The summed E-state index contributed by atoms with van der Waals surface area (Å²) in [4.78, 5) is 8.15. The summed E-state index contributed by atoms with van der Waals surface area (Å²) in [6.07, 6.45) is 16.7. The van der Waals surface area contributed by atoms with E-state index in [1.54, 1.807) is 73.3 Å². The summed E-state index contributed by atoms with van der Waals surface area (Å²) in [5.74, 6) is 3.18. The van der Waals surface area contributed by atoms with Crippen molar-refractivity contribution in [3.8, 4) is 101 Å². The highest BCUT2D eigenvalue weighted by Gasteiger charge is 2.30. The molecule has 6 aliphatic heterocycles. The van der Waals surface area contributed by atoms with Crippen LogP contribution in [0.15, 0.2) is 225 Å². The second-order valence-electron chi connectivity index (χ2n) is 29.7. The summed E-state index contributed by atoms with van der Waals surface area (Å²) in [5, 5.41) is 0.582. The molecule has 0 unspecified atom stereocenters. The highest BCUT2D eigenvalue weighted by atomic mass is 35.5. The minimum atomic E-state index is -0.270. The van der Waals surface area contributed by atoms with Crippen LogP contribution in [-0.4, -0.2) is 85.9 Å². The number of aromatic nitrogens is 2. The number of hydrogen-bond donors (Lipinski definition) is 6. The zero-order valence-corrected chi connectivity index (χ0v) is 66.3. The Kier molecular flexibility index (Phi) is 28.5. The van der Waals surface area contributed by atoms with Gasteiger partial charge >= 0.3 is 0 Å². The average Bonchev–Trinajstić information content (AvgIpc) is 1.68. The lowest BCUT2D eigenvalue weighted by molar-refractivity contribution is 0.182.